The molecule has 1 aliphatic rings. The van der Waals surface area contributed by atoms with Crippen molar-refractivity contribution in [3.05, 3.63) is 58.1 Å². The lowest BCUT2D eigenvalue weighted by atomic mass is 10.0. The van der Waals surface area contributed by atoms with Crippen molar-refractivity contribution in [3.63, 3.8) is 0 Å². The van der Waals surface area contributed by atoms with Gasteiger partial charge in [-0.05, 0) is 43.2 Å². The number of amides is 2. The van der Waals surface area contributed by atoms with Gasteiger partial charge in [-0.2, -0.15) is 0 Å². The largest absolute Gasteiger partial charge is 0.324 e. The van der Waals surface area contributed by atoms with E-state index in [0.29, 0.717) is 23.9 Å². The van der Waals surface area contributed by atoms with Crippen LogP contribution in [0.4, 0.5) is 20.2 Å². The Labute approximate surface area is 152 Å². The molecule has 25 heavy (non-hydrogen) atoms. The van der Waals surface area contributed by atoms with E-state index in [2.05, 4.69) is 10.6 Å². The molecule has 0 spiro atoms. The van der Waals surface area contributed by atoms with Crippen molar-refractivity contribution in [2.45, 2.75) is 12.8 Å². The highest BCUT2D eigenvalue weighted by molar-refractivity contribution is 6.36. The summed E-state index contributed by atoms with van der Waals surface area (Å²) in [4.78, 5) is 24.9. The van der Waals surface area contributed by atoms with E-state index < -0.39 is 28.9 Å². The zero-order chi connectivity index (χ0) is 18.2. The molecule has 130 valence electrons. The predicted octanol–water partition coefficient (Wildman–Crippen LogP) is 4.63. The van der Waals surface area contributed by atoms with Gasteiger partial charge in [0.2, 0.25) is 11.8 Å². The van der Waals surface area contributed by atoms with Crippen LogP contribution in [0.1, 0.15) is 12.8 Å². The summed E-state index contributed by atoms with van der Waals surface area (Å²) in [6.07, 6.45) is 0.622. The van der Waals surface area contributed by atoms with Gasteiger partial charge in [-0.1, -0.05) is 23.2 Å². The van der Waals surface area contributed by atoms with Crippen molar-refractivity contribution in [3.8, 4) is 0 Å². The first-order chi connectivity index (χ1) is 11.8. The maximum absolute atomic E-state index is 13.7. The lowest BCUT2D eigenvalue weighted by molar-refractivity contribution is -0.131. The first-order valence-corrected chi connectivity index (χ1v) is 8.10. The maximum Gasteiger partial charge on any atom is 0.240 e. The predicted molar refractivity (Wildman–Crippen MR) is 91.7 cm³/mol. The van der Waals surface area contributed by atoms with Gasteiger partial charge in [-0.3, -0.25) is 9.59 Å². The second kappa shape index (κ2) is 6.61. The second-order valence-electron chi connectivity index (χ2n) is 5.74. The van der Waals surface area contributed by atoms with E-state index in [0.717, 1.165) is 12.1 Å². The molecule has 0 heterocycles. The topological polar surface area (TPSA) is 58.2 Å². The van der Waals surface area contributed by atoms with Gasteiger partial charge in [0.1, 0.15) is 17.0 Å². The molecule has 0 atom stereocenters. The van der Waals surface area contributed by atoms with E-state index in [4.69, 9.17) is 23.2 Å². The monoisotopic (exact) mass is 384 g/mol. The van der Waals surface area contributed by atoms with E-state index in [1.807, 2.05) is 0 Å². The second-order valence-corrected chi connectivity index (χ2v) is 6.58. The Morgan fingerprint density at radius 1 is 0.920 bits per heavy atom. The SMILES string of the molecule is O=C(Nc1ccc(F)cc1F)C1(C(=O)Nc2cc(Cl)ccc2Cl)CC1. The Balaban J connectivity index is 1.75. The summed E-state index contributed by atoms with van der Waals surface area (Å²) in [5.41, 5.74) is -1.22. The molecule has 1 saturated carbocycles. The highest BCUT2D eigenvalue weighted by atomic mass is 35.5. The number of nitrogens with one attached hydrogen (secondary N) is 2. The molecular weight excluding hydrogens is 373 g/mol. The van der Waals surface area contributed by atoms with Gasteiger partial charge in [-0.25, -0.2) is 8.78 Å². The third-order valence-corrected chi connectivity index (χ3v) is 4.54. The van der Waals surface area contributed by atoms with E-state index in [1.54, 1.807) is 6.07 Å². The van der Waals surface area contributed by atoms with E-state index in [1.165, 1.54) is 12.1 Å². The van der Waals surface area contributed by atoms with Crippen LogP contribution in [-0.4, -0.2) is 11.8 Å². The smallest absolute Gasteiger partial charge is 0.240 e. The van der Waals surface area contributed by atoms with Crippen LogP contribution in [0.3, 0.4) is 0 Å². The average Bonchev–Trinajstić information content (AvgIpc) is 3.35. The number of benzene rings is 2. The van der Waals surface area contributed by atoms with Crippen molar-refractivity contribution in [2.24, 2.45) is 5.41 Å². The van der Waals surface area contributed by atoms with Crippen molar-refractivity contribution >= 4 is 46.4 Å². The van der Waals surface area contributed by atoms with Crippen LogP contribution in [0.15, 0.2) is 36.4 Å². The van der Waals surface area contributed by atoms with Gasteiger partial charge >= 0.3 is 0 Å². The van der Waals surface area contributed by atoms with E-state index in [9.17, 15) is 18.4 Å². The molecule has 2 aromatic rings. The Kier molecular flexibility index (Phi) is 4.67. The van der Waals surface area contributed by atoms with Crippen molar-refractivity contribution in [2.75, 3.05) is 10.6 Å². The molecule has 2 N–H and O–H groups in total. The Hall–Kier alpha value is -2.18. The van der Waals surface area contributed by atoms with Crippen LogP contribution in [0.5, 0.6) is 0 Å². The number of anilines is 2. The molecule has 4 nitrogen and oxygen atoms in total. The Morgan fingerprint density at radius 2 is 1.56 bits per heavy atom. The molecule has 0 radical (unpaired) electrons. The van der Waals surface area contributed by atoms with Crippen LogP contribution in [-0.2, 0) is 9.59 Å². The first-order valence-electron chi connectivity index (χ1n) is 7.35. The fraction of sp³-hybridized carbons (Fsp3) is 0.176. The van der Waals surface area contributed by atoms with Crippen LogP contribution in [0.25, 0.3) is 0 Å². The van der Waals surface area contributed by atoms with Gasteiger partial charge in [0.15, 0.2) is 0 Å². The minimum atomic E-state index is -1.31. The van der Waals surface area contributed by atoms with Crippen LogP contribution < -0.4 is 10.6 Å². The number of halogens is 4. The highest BCUT2D eigenvalue weighted by Crippen LogP contribution is 2.48. The highest BCUT2D eigenvalue weighted by Gasteiger charge is 2.56. The fourth-order valence-corrected chi connectivity index (χ4v) is 2.69. The number of carbonyl (C=O) groups is 2. The lowest BCUT2D eigenvalue weighted by Gasteiger charge is -2.16. The van der Waals surface area contributed by atoms with Gasteiger partial charge in [0.05, 0.1) is 16.4 Å². The zero-order valence-corrected chi connectivity index (χ0v) is 14.2. The Bertz CT molecular complexity index is 870. The van der Waals surface area contributed by atoms with Gasteiger partial charge in [0.25, 0.3) is 0 Å². The third kappa shape index (κ3) is 3.60. The van der Waals surface area contributed by atoms with Gasteiger partial charge in [-0.15, -0.1) is 0 Å². The molecule has 8 heteroatoms. The number of hydrogen-bond donors (Lipinski definition) is 2. The minimum Gasteiger partial charge on any atom is -0.324 e. The summed E-state index contributed by atoms with van der Waals surface area (Å²) in [6, 6.07) is 7.33. The molecule has 0 aromatic heterocycles. The summed E-state index contributed by atoms with van der Waals surface area (Å²) in [5, 5.41) is 5.56. The lowest BCUT2D eigenvalue weighted by Crippen LogP contribution is -2.36. The summed E-state index contributed by atoms with van der Waals surface area (Å²) in [7, 11) is 0. The fourth-order valence-electron chi connectivity index (χ4n) is 2.35. The summed E-state index contributed by atoms with van der Waals surface area (Å²) >= 11 is 11.9. The van der Waals surface area contributed by atoms with Crippen LogP contribution in [0.2, 0.25) is 10.0 Å². The van der Waals surface area contributed by atoms with Crippen molar-refractivity contribution in [1.29, 1.82) is 0 Å². The molecule has 0 bridgehead atoms. The molecule has 1 aliphatic carbocycles. The molecule has 2 aromatic carbocycles. The van der Waals surface area contributed by atoms with Crippen LogP contribution in [0, 0.1) is 17.0 Å². The van der Waals surface area contributed by atoms with Crippen molar-refractivity contribution in [1.82, 2.24) is 0 Å². The van der Waals surface area contributed by atoms with Gasteiger partial charge < -0.3 is 10.6 Å². The molecule has 0 saturated heterocycles. The van der Waals surface area contributed by atoms with Crippen molar-refractivity contribution < 1.29 is 18.4 Å². The van der Waals surface area contributed by atoms with Gasteiger partial charge in [0, 0.05) is 11.1 Å². The van der Waals surface area contributed by atoms with E-state index in [-0.39, 0.29) is 16.4 Å². The van der Waals surface area contributed by atoms with Crippen LogP contribution >= 0.6 is 23.2 Å². The normalized spacial score (nSPS) is 14.7. The minimum absolute atomic E-state index is 0.189. The summed E-state index contributed by atoms with van der Waals surface area (Å²) in [5.74, 6) is -2.89. The number of carbonyl (C=O) groups excluding carboxylic acids is 2. The zero-order valence-electron chi connectivity index (χ0n) is 12.7. The van der Waals surface area contributed by atoms with E-state index >= 15 is 0 Å². The molecule has 0 unspecified atom stereocenters. The summed E-state index contributed by atoms with van der Waals surface area (Å²) in [6.45, 7) is 0. The first kappa shape index (κ1) is 17.6. The molecular formula is C17H12Cl2F2N2O2. The third-order valence-electron chi connectivity index (χ3n) is 3.98. The Morgan fingerprint density at radius 3 is 2.16 bits per heavy atom. The quantitative estimate of drug-likeness (QED) is 0.755. The molecule has 2 amide bonds. The molecule has 1 fully saturated rings. The molecule has 0 aliphatic heterocycles. The molecule has 3 rings (SSSR count). The summed E-state index contributed by atoms with van der Waals surface area (Å²) < 4.78 is 26.6. The number of hydrogen-bond acceptors (Lipinski definition) is 2. The standard InChI is InChI=1S/C17H12Cl2F2N2O2/c18-9-1-3-11(19)14(7-9)23-16(25)17(5-6-17)15(24)22-13-4-2-10(20)8-12(13)21/h1-4,7-8H,5-6H2,(H,22,24)(H,23,25). The average molecular weight is 385 g/mol. The number of rotatable bonds is 4. The maximum atomic E-state index is 13.7.